The molecule has 1 N–H and O–H groups in total. The number of hydrogen-bond acceptors (Lipinski definition) is 7. The maximum atomic E-state index is 12.9. The SMILES string of the molecule is CC(CC(C)C(=O)ON1C(=O)CCC1=O)NC(=O)C(C)(C)CC(C)(C)N1C(=O)C=CC1=O. The lowest BCUT2D eigenvalue weighted by Crippen LogP contribution is -2.53. The van der Waals surface area contributed by atoms with Crippen LogP contribution in [0.4, 0.5) is 0 Å². The molecule has 0 spiro atoms. The van der Waals surface area contributed by atoms with E-state index in [1.807, 2.05) is 0 Å². The first-order valence-corrected chi connectivity index (χ1v) is 10.6. The summed E-state index contributed by atoms with van der Waals surface area (Å²) in [6.45, 7) is 10.2. The zero-order chi connectivity index (χ0) is 24.4. The van der Waals surface area contributed by atoms with Gasteiger partial charge in [0.15, 0.2) is 0 Å². The lowest BCUT2D eigenvalue weighted by atomic mass is 9.78. The van der Waals surface area contributed by atoms with Crippen LogP contribution in [0.25, 0.3) is 0 Å². The van der Waals surface area contributed by atoms with Crippen molar-refractivity contribution in [2.75, 3.05) is 0 Å². The Morgan fingerprint density at radius 2 is 1.50 bits per heavy atom. The summed E-state index contributed by atoms with van der Waals surface area (Å²) in [6.07, 6.45) is 2.92. The maximum Gasteiger partial charge on any atom is 0.336 e. The van der Waals surface area contributed by atoms with E-state index in [2.05, 4.69) is 5.32 Å². The zero-order valence-electron chi connectivity index (χ0n) is 19.4. The molecule has 10 heteroatoms. The van der Waals surface area contributed by atoms with Crippen molar-refractivity contribution in [2.45, 2.75) is 78.8 Å². The fourth-order valence-electron chi connectivity index (χ4n) is 4.18. The van der Waals surface area contributed by atoms with Gasteiger partial charge >= 0.3 is 5.97 Å². The van der Waals surface area contributed by atoms with Crippen molar-refractivity contribution in [3.8, 4) is 0 Å². The van der Waals surface area contributed by atoms with Crippen molar-refractivity contribution in [1.29, 1.82) is 0 Å². The summed E-state index contributed by atoms with van der Waals surface area (Å²) in [6, 6.07) is -0.408. The topological polar surface area (TPSA) is 130 Å². The van der Waals surface area contributed by atoms with Crippen LogP contribution in [0, 0.1) is 11.3 Å². The molecular formula is C22H31N3O7. The Labute approximate surface area is 187 Å². The van der Waals surface area contributed by atoms with Gasteiger partial charge in [-0.3, -0.25) is 28.9 Å². The molecular weight excluding hydrogens is 418 g/mol. The van der Waals surface area contributed by atoms with E-state index in [1.165, 1.54) is 12.2 Å². The van der Waals surface area contributed by atoms with Gasteiger partial charge in [-0.05, 0) is 33.6 Å². The molecule has 2 aliphatic heterocycles. The first-order chi connectivity index (χ1) is 14.7. The molecule has 2 atom stereocenters. The van der Waals surface area contributed by atoms with Crippen molar-refractivity contribution < 1.29 is 33.6 Å². The molecule has 0 aromatic heterocycles. The average molecular weight is 450 g/mol. The van der Waals surface area contributed by atoms with Gasteiger partial charge in [0.05, 0.1) is 5.92 Å². The Balaban J connectivity index is 1.91. The van der Waals surface area contributed by atoms with Crippen LogP contribution in [0.3, 0.4) is 0 Å². The molecule has 5 amide bonds. The van der Waals surface area contributed by atoms with Gasteiger partial charge in [0.1, 0.15) is 0 Å². The molecule has 0 aromatic rings. The van der Waals surface area contributed by atoms with E-state index in [1.54, 1.807) is 41.5 Å². The van der Waals surface area contributed by atoms with E-state index in [0.717, 1.165) is 4.90 Å². The molecule has 1 saturated heterocycles. The third-order valence-corrected chi connectivity index (χ3v) is 5.58. The highest BCUT2D eigenvalue weighted by Crippen LogP contribution is 2.34. The number of hydroxylamine groups is 2. The van der Waals surface area contributed by atoms with Gasteiger partial charge in [-0.15, -0.1) is 5.06 Å². The van der Waals surface area contributed by atoms with Gasteiger partial charge in [-0.2, -0.15) is 0 Å². The Morgan fingerprint density at radius 3 is 2.00 bits per heavy atom. The van der Waals surface area contributed by atoms with Gasteiger partial charge < -0.3 is 10.2 Å². The smallest absolute Gasteiger partial charge is 0.336 e. The van der Waals surface area contributed by atoms with Gasteiger partial charge in [0, 0.05) is 42.0 Å². The zero-order valence-corrected chi connectivity index (χ0v) is 19.4. The number of carbonyl (C=O) groups is 6. The molecule has 2 unspecified atom stereocenters. The monoisotopic (exact) mass is 449 g/mol. The first kappa shape index (κ1) is 25.2. The van der Waals surface area contributed by atoms with E-state index in [0.29, 0.717) is 5.06 Å². The minimum Gasteiger partial charge on any atom is -0.353 e. The van der Waals surface area contributed by atoms with Crippen molar-refractivity contribution in [3.63, 3.8) is 0 Å². The third kappa shape index (κ3) is 5.60. The lowest BCUT2D eigenvalue weighted by molar-refractivity contribution is -0.200. The molecule has 0 aliphatic carbocycles. The maximum absolute atomic E-state index is 12.9. The molecule has 10 nitrogen and oxygen atoms in total. The Kier molecular flexibility index (Phi) is 7.26. The minimum atomic E-state index is -0.918. The second-order valence-corrected chi connectivity index (χ2v) is 9.72. The van der Waals surface area contributed by atoms with Gasteiger partial charge in [0.25, 0.3) is 23.6 Å². The first-order valence-electron chi connectivity index (χ1n) is 10.6. The molecule has 32 heavy (non-hydrogen) atoms. The summed E-state index contributed by atoms with van der Waals surface area (Å²) in [5.74, 6) is -3.61. The number of nitrogens with zero attached hydrogens (tertiary/aromatic N) is 2. The normalized spacial score (nSPS) is 18.9. The standard InChI is InChI=1S/C22H31N3O7/c1-13(19(30)32-25-17(28)9-10-18(25)29)11-14(2)23-20(31)21(3,4)12-22(5,6)24-15(26)7-8-16(24)27/h7-8,13-14H,9-12H2,1-6H3,(H,23,31). The second-order valence-electron chi connectivity index (χ2n) is 9.72. The molecule has 2 aliphatic rings. The Morgan fingerprint density at radius 1 is 1.00 bits per heavy atom. The predicted molar refractivity (Wildman–Crippen MR) is 112 cm³/mol. The highest BCUT2D eigenvalue weighted by Gasteiger charge is 2.43. The number of carbonyl (C=O) groups excluding carboxylic acids is 6. The summed E-state index contributed by atoms with van der Waals surface area (Å²) < 4.78 is 0. The molecule has 176 valence electrons. The summed E-state index contributed by atoms with van der Waals surface area (Å²) in [7, 11) is 0. The number of hydrogen-bond donors (Lipinski definition) is 1. The van der Waals surface area contributed by atoms with E-state index in [4.69, 9.17) is 4.84 Å². The van der Waals surface area contributed by atoms with Crippen molar-refractivity contribution in [2.24, 2.45) is 11.3 Å². The van der Waals surface area contributed by atoms with Crippen LogP contribution in [-0.2, 0) is 33.6 Å². The van der Waals surface area contributed by atoms with Gasteiger partial charge in [-0.25, -0.2) is 4.79 Å². The van der Waals surface area contributed by atoms with Crippen LogP contribution >= 0.6 is 0 Å². The predicted octanol–water partition coefficient (Wildman–Crippen LogP) is 1.24. The molecule has 0 aromatic carbocycles. The number of imide groups is 2. The van der Waals surface area contributed by atoms with Crippen molar-refractivity contribution in [3.05, 3.63) is 12.2 Å². The van der Waals surface area contributed by atoms with E-state index < -0.39 is 52.5 Å². The van der Waals surface area contributed by atoms with E-state index >= 15 is 0 Å². The summed E-state index contributed by atoms with van der Waals surface area (Å²) in [5.41, 5.74) is -1.80. The summed E-state index contributed by atoms with van der Waals surface area (Å²) in [4.78, 5) is 78.5. The number of rotatable bonds is 9. The highest BCUT2D eigenvalue weighted by molar-refractivity contribution is 6.13. The Bertz CT molecular complexity index is 841. The van der Waals surface area contributed by atoms with Gasteiger partial charge in [-0.1, -0.05) is 20.8 Å². The quantitative estimate of drug-likeness (QED) is 0.524. The van der Waals surface area contributed by atoms with Crippen LogP contribution in [0.5, 0.6) is 0 Å². The van der Waals surface area contributed by atoms with Crippen LogP contribution in [0.2, 0.25) is 0 Å². The average Bonchev–Trinajstić information content (AvgIpc) is 3.16. The molecule has 1 fully saturated rings. The van der Waals surface area contributed by atoms with Crippen LogP contribution in [-0.4, -0.2) is 57.0 Å². The van der Waals surface area contributed by atoms with Crippen molar-refractivity contribution in [1.82, 2.24) is 15.3 Å². The van der Waals surface area contributed by atoms with Crippen LogP contribution < -0.4 is 5.32 Å². The largest absolute Gasteiger partial charge is 0.353 e. The van der Waals surface area contributed by atoms with Gasteiger partial charge in [0.2, 0.25) is 5.91 Å². The number of nitrogens with one attached hydrogen (secondary N) is 1. The fourth-order valence-corrected chi connectivity index (χ4v) is 4.18. The van der Waals surface area contributed by atoms with E-state index in [9.17, 15) is 28.8 Å². The lowest BCUT2D eigenvalue weighted by Gasteiger charge is -2.39. The molecule has 0 saturated carbocycles. The Hall–Kier alpha value is -3.04. The van der Waals surface area contributed by atoms with Crippen LogP contribution in [0.1, 0.15) is 67.2 Å². The van der Waals surface area contributed by atoms with Crippen molar-refractivity contribution >= 4 is 35.5 Å². The minimum absolute atomic E-state index is 0.0169. The molecule has 0 bridgehead atoms. The number of amides is 5. The van der Waals surface area contributed by atoms with E-state index in [-0.39, 0.29) is 31.6 Å². The second kappa shape index (κ2) is 9.22. The fraction of sp³-hybridized carbons (Fsp3) is 0.636. The summed E-state index contributed by atoms with van der Waals surface area (Å²) in [5, 5.41) is 3.36. The molecule has 2 rings (SSSR count). The third-order valence-electron chi connectivity index (χ3n) is 5.58. The van der Waals surface area contributed by atoms with Crippen LogP contribution in [0.15, 0.2) is 12.2 Å². The highest BCUT2D eigenvalue weighted by atomic mass is 16.7. The molecule has 0 radical (unpaired) electrons. The summed E-state index contributed by atoms with van der Waals surface area (Å²) >= 11 is 0. The molecule has 2 heterocycles.